The molecule has 29 heavy (non-hydrogen) atoms. The second kappa shape index (κ2) is 13.9. The minimum absolute atomic E-state index is 0.205. The van der Waals surface area contributed by atoms with E-state index in [4.69, 9.17) is 4.98 Å². The van der Waals surface area contributed by atoms with Crippen molar-refractivity contribution in [1.82, 2.24) is 4.98 Å². The maximum Gasteiger partial charge on any atom is 0.0727 e. The topological polar surface area (TPSA) is 24.9 Å². The SMILES string of the molecule is CCC/C=C(\Nc1cccnc1CCCC(CC)CCC)S/C=C(\C)C(C)(C)C. The van der Waals surface area contributed by atoms with E-state index in [1.807, 2.05) is 12.3 Å². The molecular formula is C26H44N2S. The molecule has 0 radical (unpaired) electrons. The summed E-state index contributed by atoms with van der Waals surface area (Å²) in [6, 6.07) is 4.21. The number of hydrogen-bond acceptors (Lipinski definition) is 3. The van der Waals surface area contributed by atoms with Gasteiger partial charge < -0.3 is 5.32 Å². The minimum Gasteiger partial charge on any atom is -0.349 e. The predicted molar refractivity (Wildman–Crippen MR) is 133 cm³/mol. The second-order valence-corrected chi connectivity index (χ2v) is 10.0. The number of unbranched alkanes of at least 4 members (excludes halogenated alkanes) is 1. The van der Waals surface area contributed by atoms with Crippen LogP contribution >= 0.6 is 11.8 Å². The molecule has 0 fully saturated rings. The van der Waals surface area contributed by atoms with Gasteiger partial charge in [-0.1, -0.05) is 97.1 Å². The van der Waals surface area contributed by atoms with E-state index in [0.717, 1.165) is 30.9 Å². The Hall–Kier alpha value is -1.22. The van der Waals surface area contributed by atoms with Crippen LogP contribution in [0, 0.1) is 11.3 Å². The van der Waals surface area contributed by atoms with E-state index in [9.17, 15) is 0 Å². The Balaban J connectivity index is 2.84. The Bertz CT molecular complexity index is 640. The molecule has 3 heteroatoms. The van der Waals surface area contributed by atoms with Crippen molar-refractivity contribution in [2.75, 3.05) is 5.32 Å². The Labute approximate surface area is 185 Å². The van der Waals surface area contributed by atoms with Crippen LogP contribution in [0.3, 0.4) is 0 Å². The highest BCUT2D eigenvalue weighted by atomic mass is 32.2. The largest absolute Gasteiger partial charge is 0.349 e. The highest BCUT2D eigenvalue weighted by Gasteiger charge is 2.13. The summed E-state index contributed by atoms with van der Waals surface area (Å²) in [5, 5.41) is 7.19. The number of aryl methyl sites for hydroxylation is 1. The lowest BCUT2D eigenvalue weighted by molar-refractivity contribution is 0.419. The van der Waals surface area contributed by atoms with Crippen molar-refractivity contribution < 1.29 is 0 Å². The van der Waals surface area contributed by atoms with Gasteiger partial charge in [-0.25, -0.2) is 0 Å². The minimum atomic E-state index is 0.205. The number of hydrogen-bond donors (Lipinski definition) is 1. The number of anilines is 1. The fourth-order valence-electron chi connectivity index (χ4n) is 3.14. The van der Waals surface area contributed by atoms with E-state index in [0.29, 0.717) is 0 Å². The Morgan fingerprint density at radius 2 is 1.93 bits per heavy atom. The van der Waals surface area contributed by atoms with Crippen molar-refractivity contribution >= 4 is 17.4 Å². The molecule has 1 aromatic heterocycles. The first-order chi connectivity index (χ1) is 13.8. The molecule has 0 aromatic carbocycles. The molecule has 164 valence electrons. The van der Waals surface area contributed by atoms with Gasteiger partial charge in [0.15, 0.2) is 0 Å². The Morgan fingerprint density at radius 3 is 2.55 bits per heavy atom. The van der Waals surface area contributed by atoms with E-state index in [2.05, 4.69) is 71.3 Å². The number of pyridine rings is 1. The van der Waals surface area contributed by atoms with Gasteiger partial charge in [-0.2, -0.15) is 0 Å². The van der Waals surface area contributed by atoms with E-state index in [1.54, 1.807) is 11.8 Å². The number of nitrogens with zero attached hydrogens (tertiary/aromatic N) is 1. The third-order valence-corrected chi connectivity index (χ3v) is 6.61. The molecule has 0 aliphatic heterocycles. The highest BCUT2D eigenvalue weighted by molar-refractivity contribution is 8.05. The summed E-state index contributed by atoms with van der Waals surface area (Å²) in [4.78, 5) is 4.70. The first-order valence-corrected chi connectivity index (χ1v) is 12.4. The van der Waals surface area contributed by atoms with Crippen LogP contribution in [-0.4, -0.2) is 4.98 Å². The molecule has 0 saturated heterocycles. The summed E-state index contributed by atoms with van der Waals surface area (Å²) in [7, 11) is 0. The molecule has 0 spiro atoms. The third kappa shape index (κ3) is 10.4. The molecule has 1 unspecified atom stereocenters. The van der Waals surface area contributed by atoms with Crippen molar-refractivity contribution in [2.45, 2.75) is 99.8 Å². The van der Waals surface area contributed by atoms with Crippen molar-refractivity contribution in [3.63, 3.8) is 0 Å². The summed E-state index contributed by atoms with van der Waals surface area (Å²) >= 11 is 1.80. The van der Waals surface area contributed by atoms with Gasteiger partial charge in [0, 0.05) is 6.20 Å². The van der Waals surface area contributed by atoms with Crippen LogP contribution in [0.1, 0.15) is 99.1 Å². The van der Waals surface area contributed by atoms with E-state index >= 15 is 0 Å². The molecule has 1 rings (SSSR count). The van der Waals surface area contributed by atoms with Gasteiger partial charge in [-0.3, -0.25) is 4.98 Å². The zero-order chi connectivity index (χ0) is 21.7. The lowest BCUT2D eigenvalue weighted by Gasteiger charge is -2.20. The van der Waals surface area contributed by atoms with Crippen molar-refractivity contribution in [3.05, 3.63) is 46.1 Å². The molecule has 0 aliphatic rings. The molecule has 0 saturated carbocycles. The van der Waals surface area contributed by atoms with Crippen molar-refractivity contribution in [3.8, 4) is 0 Å². The summed E-state index contributed by atoms with van der Waals surface area (Å²) in [5.41, 5.74) is 3.96. The molecule has 0 bridgehead atoms. The van der Waals surface area contributed by atoms with Crippen molar-refractivity contribution in [2.24, 2.45) is 11.3 Å². The number of aromatic nitrogens is 1. The number of rotatable bonds is 13. The summed E-state index contributed by atoms with van der Waals surface area (Å²) in [6.07, 6.45) is 14.0. The van der Waals surface area contributed by atoms with Gasteiger partial charge in [0.25, 0.3) is 0 Å². The molecule has 1 heterocycles. The average molecular weight is 417 g/mol. The molecule has 0 aliphatic carbocycles. The van der Waals surface area contributed by atoms with Gasteiger partial charge in [0.05, 0.1) is 16.4 Å². The zero-order valence-electron chi connectivity index (χ0n) is 20.0. The van der Waals surface area contributed by atoms with Gasteiger partial charge in [-0.05, 0) is 55.1 Å². The number of nitrogens with one attached hydrogen (secondary N) is 1. The fraction of sp³-hybridized carbons (Fsp3) is 0.654. The van der Waals surface area contributed by atoms with E-state index in [-0.39, 0.29) is 5.41 Å². The zero-order valence-corrected chi connectivity index (χ0v) is 20.8. The van der Waals surface area contributed by atoms with Crippen LogP contribution in [0.15, 0.2) is 40.4 Å². The molecule has 2 nitrogen and oxygen atoms in total. The van der Waals surface area contributed by atoms with Crippen molar-refractivity contribution in [1.29, 1.82) is 0 Å². The lowest BCUT2D eigenvalue weighted by Crippen LogP contribution is -2.06. The highest BCUT2D eigenvalue weighted by Crippen LogP contribution is 2.31. The summed E-state index contributed by atoms with van der Waals surface area (Å²) < 4.78 is 0. The maximum absolute atomic E-state index is 4.70. The fourth-order valence-corrected chi connectivity index (χ4v) is 4.18. The molecular weight excluding hydrogens is 372 g/mol. The normalized spacial score (nSPS) is 14.2. The first-order valence-electron chi connectivity index (χ1n) is 11.6. The third-order valence-electron chi connectivity index (χ3n) is 5.61. The van der Waals surface area contributed by atoms with Crippen LogP contribution in [0.25, 0.3) is 0 Å². The van der Waals surface area contributed by atoms with Crippen LogP contribution in [0.2, 0.25) is 0 Å². The summed E-state index contributed by atoms with van der Waals surface area (Å²) in [5.74, 6) is 0.862. The summed E-state index contributed by atoms with van der Waals surface area (Å²) in [6.45, 7) is 15.9. The average Bonchev–Trinajstić information content (AvgIpc) is 2.69. The molecule has 0 amide bonds. The van der Waals surface area contributed by atoms with Gasteiger partial charge >= 0.3 is 0 Å². The molecule has 1 aromatic rings. The monoisotopic (exact) mass is 416 g/mol. The van der Waals surface area contributed by atoms with Crippen LogP contribution in [-0.2, 0) is 6.42 Å². The second-order valence-electron chi connectivity index (χ2n) is 9.10. The Kier molecular flexibility index (Phi) is 12.4. The molecule has 1 N–H and O–H groups in total. The lowest BCUT2D eigenvalue weighted by atomic mass is 9.89. The quantitative estimate of drug-likeness (QED) is 0.347. The predicted octanol–water partition coefficient (Wildman–Crippen LogP) is 8.97. The molecule has 1 atom stereocenters. The van der Waals surface area contributed by atoms with E-state index < -0.39 is 0 Å². The van der Waals surface area contributed by atoms with Crippen LogP contribution < -0.4 is 5.32 Å². The van der Waals surface area contributed by atoms with Gasteiger partial charge in [0.2, 0.25) is 0 Å². The maximum atomic E-state index is 4.70. The van der Waals surface area contributed by atoms with Gasteiger partial charge in [-0.15, -0.1) is 0 Å². The first kappa shape index (κ1) is 25.8. The van der Waals surface area contributed by atoms with Gasteiger partial charge in [0.1, 0.15) is 0 Å². The standard InChI is InChI=1S/C26H44N2S/c1-8-11-18-25(29-20-21(4)26(5,6)7)28-24-17-13-19-27-23(24)16-12-15-22(10-3)14-9-2/h13,17-20,22,28H,8-12,14-16H2,1-7H3/b21-20+,25-18+. The Morgan fingerprint density at radius 1 is 1.17 bits per heavy atom. The number of thioether (sulfide) groups is 1. The van der Waals surface area contributed by atoms with Crippen LogP contribution in [0.4, 0.5) is 5.69 Å². The smallest absolute Gasteiger partial charge is 0.0727 e. The van der Waals surface area contributed by atoms with E-state index in [1.165, 1.54) is 48.4 Å². The number of allylic oxidation sites excluding steroid dienone is 2. The van der Waals surface area contributed by atoms with Crippen LogP contribution in [0.5, 0.6) is 0 Å².